The lowest BCUT2D eigenvalue weighted by Gasteiger charge is -2.15. The van der Waals surface area contributed by atoms with Crippen LogP contribution in [0.1, 0.15) is 17.2 Å². The summed E-state index contributed by atoms with van der Waals surface area (Å²) in [5, 5.41) is 1.32. The number of halogens is 3. The van der Waals surface area contributed by atoms with E-state index in [4.69, 9.17) is 23.2 Å². The number of rotatable bonds is 3. The maximum absolute atomic E-state index is 6.43. The van der Waals surface area contributed by atoms with Crippen LogP contribution in [-0.2, 0) is 0 Å². The van der Waals surface area contributed by atoms with E-state index in [0.717, 1.165) is 5.56 Å². The molecule has 1 unspecified atom stereocenters. The Balaban J connectivity index is 0.00000176. The van der Waals surface area contributed by atoms with Crippen molar-refractivity contribution in [2.75, 3.05) is 0 Å². The van der Waals surface area contributed by atoms with Gasteiger partial charge in [0, 0.05) is 28.3 Å². The van der Waals surface area contributed by atoms with Crippen molar-refractivity contribution < 1.29 is 28.5 Å². The zero-order chi connectivity index (χ0) is 14.7. The van der Waals surface area contributed by atoms with Gasteiger partial charge in [-0.3, -0.25) is 0 Å². The molecule has 112 valence electrons. The van der Waals surface area contributed by atoms with Gasteiger partial charge in [0.1, 0.15) is 0 Å². The highest BCUT2D eigenvalue weighted by atomic mass is 127. The third-order valence-electron chi connectivity index (χ3n) is 3.41. The van der Waals surface area contributed by atoms with Gasteiger partial charge in [0.15, 0.2) is 12.4 Å². The molecule has 0 saturated carbocycles. The summed E-state index contributed by atoms with van der Waals surface area (Å²) in [7, 11) is 0. The summed E-state index contributed by atoms with van der Waals surface area (Å²) in [6.45, 7) is 0. The van der Waals surface area contributed by atoms with E-state index in [-0.39, 0.29) is 30.0 Å². The first-order valence-corrected chi connectivity index (χ1v) is 7.47. The third kappa shape index (κ3) is 3.80. The minimum Gasteiger partial charge on any atom is -1.00 e. The molecule has 1 nitrogen and oxygen atoms in total. The quantitative estimate of drug-likeness (QED) is 0.432. The summed E-state index contributed by atoms with van der Waals surface area (Å²) in [6, 6.07) is 22.0. The van der Waals surface area contributed by atoms with Crippen molar-refractivity contribution in [3.05, 3.63) is 100 Å². The molecule has 0 saturated heterocycles. The fraction of sp³-hybridized carbons (Fsp3) is 0.0556. The van der Waals surface area contributed by atoms with Crippen LogP contribution in [0.2, 0.25) is 10.0 Å². The first-order chi connectivity index (χ1) is 10.3. The summed E-state index contributed by atoms with van der Waals surface area (Å²) in [4.78, 5) is 0. The van der Waals surface area contributed by atoms with E-state index in [9.17, 15) is 0 Å². The Bertz CT molecular complexity index is 693. The second-order valence-electron chi connectivity index (χ2n) is 4.80. The van der Waals surface area contributed by atoms with Crippen LogP contribution in [0.5, 0.6) is 0 Å². The van der Waals surface area contributed by atoms with E-state index in [1.54, 1.807) is 6.07 Å². The SMILES string of the molecule is Clc1ccc(C(c2ccccc2)[n+]2ccccc2)c(Cl)c1.[I-]. The highest BCUT2D eigenvalue weighted by Crippen LogP contribution is 2.30. The van der Waals surface area contributed by atoms with Crippen LogP contribution in [-0.4, -0.2) is 0 Å². The van der Waals surface area contributed by atoms with Gasteiger partial charge in [-0.1, -0.05) is 59.6 Å². The zero-order valence-corrected chi connectivity index (χ0v) is 15.3. The van der Waals surface area contributed by atoms with Crippen LogP contribution >= 0.6 is 23.2 Å². The average Bonchev–Trinajstić information content (AvgIpc) is 2.52. The van der Waals surface area contributed by atoms with Crippen molar-refractivity contribution in [3.63, 3.8) is 0 Å². The fourth-order valence-electron chi connectivity index (χ4n) is 2.45. The van der Waals surface area contributed by atoms with Gasteiger partial charge in [0.05, 0.1) is 5.02 Å². The van der Waals surface area contributed by atoms with Crippen molar-refractivity contribution in [2.45, 2.75) is 6.04 Å². The van der Waals surface area contributed by atoms with E-state index in [1.807, 2.05) is 60.9 Å². The second kappa shape index (κ2) is 7.95. The summed E-state index contributed by atoms with van der Waals surface area (Å²) in [6.07, 6.45) is 4.09. The topological polar surface area (TPSA) is 3.88 Å². The summed E-state index contributed by atoms with van der Waals surface area (Å²) < 4.78 is 2.14. The molecule has 0 bridgehead atoms. The standard InChI is InChI=1S/C18H14Cl2N.HI/c19-15-9-10-16(17(20)13-15)18(14-7-3-1-4-8-14)21-11-5-2-6-12-21;/h1-13,18H;1H/q+1;/p-1. The van der Waals surface area contributed by atoms with E-state index in [1.165, 1.54) is 5.56 Å². The molecular formula is C18H14Cl2IN. The van der Waals surface area contributed by atoms with Gasteiger partial charge in [0.25, 0.3) is 0 Å². The van der Waals surface area contributed by atoms with Crippen LogP contribution in [0, 0.1) is 0 Å². The van der Waals surface area contributed by atoms with Crippen LogP contribution in [0.15, 0.2) is 79.1 Å². The minimum absolute atomic E-state index is 0. The number of aromatic nitrogens is 1. The molecule has 2 aromatic carbocycles. The van der Waals surface area contributed by atoms with Crippen molar-refractivity contribution >= 4 is 23.2 Å². The molecule has 3 rings (SSSR count). The van der Waals surface area contributed by atoms with Gasteiger partial charge >= 0.3 is 0 Å². The molecule has 0 aliphatic carbocycles. The number of hydrogen-bond donors (Lipinski definition) is 0. The molecular weight excluding hydrogens is 428 g/mol. The second-order valence-corrected chi connectivity index (χ2v) is 5.65. The van der Waals surface area contributed by atoms with Gasteiger partial charge in [-0.2, -0.15) is 4.57 Å². The average molecular weight is 442 g/mol. The maximum Gasteiger partial charge on any atom is 0.210 e. The maximum atomic E-state index is 6.43. The van der Waals surface area contributed by atoms with E-state index in [2.05, 4.69) is 16.7 Å². The molecule has 22 heavy (non-hydrogen) atoms. The highest BCUT2D eigenvalue weighted by Gasteiger charge is 2.25. The Labute approximate surface area is 157 Å². The van der Waals surface area contributed by atoms with Crippen molar-refractivity contribution in [1.82, 2.24) is 0 Å². The van der Waals surface area contributed by atoms with Crippen molar-refractivity contribution in [1.29, 1.82) is 0 Å². The molecule has 0 fully saturated rings. The normalized spacial score (nSPS) is 11.5. The molecule has 1 heterocycles. The Hall–Kier alpha value is -1.10. The number of benzene rings is 2. The van der Waals surface area contributed by atoms with Crippen LogP contribution in [0.3, 0.4) is 0 Å². The van der Waals surface area contributed by atoms with Gasteiger partial charge in [0.2, 0.25) is 6.04 Å². The van der Waals surface area contributed by atoms with Crippen molar-refractivity contribution in [2.24, 2.45) is 0 Å². The Morgan fingerprint density at radius 3 is 2.05 bits per heavy atom. The van der Waals surface area contributed by atoms with Crippen LogP contribution < -0.4 is 28.5 Å². The Morgan fingerprint density at radius 1 is 0.773 bits per heavy atom. The summed E-state index contributed by atoms with van der Waals surface area (Å²) in [5.41, 5.74) is 2.21. The number of hydrogen-bond acceptors (Lipinski definition) is 0. The Morgan fingerprint density at radius 2 is 1.41 bits per heavy atom. The molecule has 1 aromatic heterocycles. The molecule has 0 radical (unpaired) electrons. The lowest BCUT2D eigenvalue weighted by molar-refractivity contribution is -0.704. The molecule has 0 spiro atoms. The number of pyridine rings is 1. The van der Waals surface area contributed by atoms with Gasteiger partial charge in [-0.05, 0) is 18.2 Å². The molecule has 0 aliphatic heterocycles. The predicted octanol–water partition coefficient (Wildman–Crippen LogP) is 1.92. The lowest BCUT2D eigenvalue weighted by Crippen LogP contribution is -3.00. The van der Waals surface area contributed by atoms with Crippen LogP contribution in [0.4, 0.5) is 0 Å². The monoisotopic (exact) mass is 441 g/mol. The zero-order valence-electron chi connectivity index (χ0n) is 11.7. The predicted molar refractivity (Wildman–Crippen MR) is 86.8 cm³/mol. The summed E-state index contributed by atoms with van der Waals surface area (Å²) in [5.74, 6) is 0. The van der Waals surface area contributed by atoms with E-state index in [0.29, 0.717) is 10.0 Å². The smallest absolute Gasteiger partial charge is 0.210 e. The first-order valence-electron chi connectivity index (χ1n) is 6.71. The summed E-state index contributed by atoms with van der Waals surface area (Å²) >= 11 is 12.4. The van der Waals surface area contributed by atoms with Gasteiger partial charge < -0.3 is 24.0 Å². The molecule has 3 aromatic rings. The third-order valence-corrected chi connectivity index (χ3v) is 3.97. The highest BCUT2D eigenvalue weighted by molar-refractivity contribution is 6.35. The first kappa shape index (κ1) is 17.3. The van der Waals surface area contributed by atoms with E-state index < -0.39 is 0 Å². The minimum atomic E-state index is 0. The van der Waals surface area contributed by atoms with E-state index >= 15 is 0 Å². The molecule has 1 atom stereocenters. The lowest BCUT2D eigenvalue weighted by atomic mass is 9.98. The fourth-order valence-corrected chi connectivity index (χ4v) is 2.97. The van der Waals surface area contributed by atoms with Crippen LogP contribution in [0.25, 0.3) is 0 Å². The number of nitrogens with zero attached hydrogens (tertiary/aromatic N) is 1. The van der Waals surface area contributed by atoms with Gasteiger partial charge in [-0.15, -0.1) is 0 Å². The van der Waals surface area contributed by atoms with Crippen molar-refractivity contribution in [3.8, 4) is 0 Å². The molecule has 4 heteroatoms. The molecule has 0 aliphatic rings. The largest absolute Gasteiger partial charge is 1.00 e. The molecule has 0 N–H and O–H groups in total. The molecule has 0 amide bonds. The van der Waals surface area contributed by atoms with Gasteiger partial charge in [-0.25, -0.2) is 0 Å². The Kier molecular flexibility index (Phi) is 6.24.